The Bertz CT molecular complexity index is 1180. The van der Waals surface area contributed by atoms with Crippen molar-refractivity contribution in [3.63, 3.8) is 0 Å². The van der Waals surface area contributed by atoms with Gasteiger partial charge in [0.1, 0.15) is 0 Å². The number of benzene rings is 1. The van der Waals surface area contributed by atoms with E-state index in [-0.39, 0.29) is 17.8 Å². The molecule has 1 unspecified atom stereocenters. The highest BCUT2D eigenvalue weighted by Gasteiger charge is 2.33. The molecular weight excluding hydrogens is 411 g/mol. The van der Waals surface area contributed by atoms with E-state index in [0.29, 0.717) is 28.8 Å². The van der Waals surface area contributed by atoms with Crippen molar-refractivity contribution in [1.82, 2.24) is 19.9 Å². The van der Waals surface area contributed by atoms with Gasteiger partial charge in [-0.25, -0.2) is 9.97 Å². The molecule has 148 valence electrons. The first kappa shape index (κ1) is 19.6. The van der Waals surface area contributed by atoms with Crippen molar-refractivity contribution in [2.75, 3.05) is 13.7 Å². The second-order valence-corrected chi connectivity index (χ2v) is 7.52. The Hall–Kier alpha value is -2.75. The summed E-state index contributed by atoms with van der Waals surface area (Å²) < 4.78 is 5.07. The molecule has 3 heterocycles. The van der Waals surface area contributed by atoms with Crippen LogP contribution < -0.4 is 4.74 Å². The molecule has 3 aromatic rings. The smallest absolute Gasteiger partial charge is 0.292 e. The molecule has 0 saturated heterocycles. The minimum Gasteiger partial charge on any atom is -0.494 e. The molecule has 4 rings (SSSR count). The molecule has 29 heavy (non-hydrogen) atoms. The second kappa shape index (κ2) is 7.58. The highest BCUT2D eigenvalue weighted by molar-refractivity contribution is 6.45. The number of rotatable bonds is 2. The maximum Gasteiger partial charge on any atom is 0.292 e. The minimum absolute atomic E-state index is 0.135. The van der Waals surface area contributed by atoms with Gasteiger partial charge in [-0.05, 0) is 19.9 Å². The molecule has 0 fully saturated rings. The summed E-state index contributed by atoms with van der Waals surface area (Å²) in [6, 6.07) is 1.57. The third-order valence-electron chi connectivity index (χ3n) is 5.15. The first-order chi connectivity index (χ1) is 14.0. The number of halogens is 2. The number of hydrogen-bond donors (Lipinski definition) is 1. The third-order valence-corrected chi connectivity index (χ3v) is 5.94. The SMILES string of the molecule is CC#Cc1cc(Cl)c(Cl)c2[nH]c3c(c12)C(C)N(C(=O)c1ncc(OC)cn1)CC3. The van der Waals surface area contributed by atoms with Crippen LogP contribution in [0, 0.1) is 11.8 Å². The van der Waals surface area contributed by atoms with Crippen LogP contribution in [0.1, 0.15) is 47.3 Å². The number of aromatic amines is 1. The van der Waals surface area contributed by atoms with Crippen LogP contribution in [-0.2, 0) is 6.42 Å². The van der Waals surface area contributed by atoms with Crippen LogP contribution in [0.15, 0.2) is 18.5 Å². The van der Waals surface area contributed by atoms with Gasteiger partial charge in [0.2, 0.25) is 5.82 Å². The maximum absolute atomic E-state index is 13.1. The van der Waals surface area contributed by atoms with Crippen molar-refractivity contribution in [3.8, 4) is 17.6 Å². The Morgan fingerprint density at radius 2 is 2.07 bits per heavy atom. The number of methoxy groups -OCH3 is 1. The van der Waals surface area contributed by atoms with Gasteiger partial charge in [-0.15, -0.1) is 5.92 Å². The molecule has 2 aromatic heterocycles. The summed E-state index contributed by atoms with van der Waals surface area (Å²) in [6.45, 7) is 4.29. The summed E-state index contributed by atoms with van der Waals surface area (Å²) >= 11 is 12.8. The standard InChI is InChI=1S/C21H18Cl2N4O2/c1-4-5-12-8-14(22)18(23)19-17(12)16-11(2)27(7-6-15(16)26-19)21(28)20-24-9-13(29-3)10-25-20/h8-11,26H,6-7H2,1-3H3. The monoisotopic (exact) mass is 428 g/mol. The van der Waals surface area contributed by atoms with Gasteiger partial charge in [-0.1, -0.05) is 29.1 Å². The van der Waals surface area contributed by atoms with E-state index >= 15 is 0 Å². The van der Waals surface area contributed by atoms with Gasteiger partial charge < -0.3 is 14.6 Å². The number of nitrogens with one attached hydrogen (secondary N) is 1. The van der Waals surface area contributed by atoms with Gasteiger partial charge in [0, 0.05) is 35.2 Å². The zero-order chi connectivity index (χ0) is 20.7. The maximum atomic E-state index is 13.1. The van der Waals surface area contributed by atoms with Crippen LogP contribution in [0.4, 0.5) is 0 Å². The van der Waals surface area contributed by atoms with Crippen molar-refractivity contribution in [2.24, 2.45) is 0 Å². The summed E-state index contributed by atoms with van der Waals surface area (Å²) in [7, 11) is 1.53. The molecule has 0 radical (unpaired) electrons. The van der Waals surface area contributed by atoms with Crippen molar-refractivity contribution < 1.29 is 9.53 Å². The molecule has 0 bridgehead atoms. The molecule has 1 aromatic carbocycles. The van der Waals surface area contributed by atoms with Crippen molar-refractivity contribution in [1.29, 1.82) is 0 Å². The first-order valence-electron chi connectivity index (χ1n) is 9.08. The van der Waals surface area contributed by atoms with Crippen LogP contribution in [0.25, 0.3) is 10.9 Å². The number of hydrogen-bond acceptors (Lipinski definition) is 4. The zero-order valence-electron chi connectivity index (χ0n) is 16.1. The van der Waals surface area contributed by atoms with Gasteiger partial charge in [-0.3, -0.25) is 4.79 Å². The Labute approximate surface area is 178 Å². The van der Waals surface area contributed by atoms with E-state index in [2.05, 4.69) is 26.8 Å². The Morgan fingerprint density at radius 3 is 2.72 bits per heavy atom. The quantitative estimate of drug-likeness (QED) is 0.613. The topological polar surface area (TPSA) is 71.1 Å². The number of aromatic nitrogens is 3. The zero-order valence-corrected chi connectivity index (χ0v) is 17.6. The fourth-order valence-corrected chi connectivity index (χ4v) is 4.20. The molecule has 0 spiro atoms. The number of ether oxygens (including phenoxy) is 1. The van der Waals surface area contributed by atoms with Gasteiger partial charge in [-0.2, -0.15) is 0 Å². The number of amides is 1. The Balaban J connectivity index is 1.81. The summed E-state index contributed by atoms with van der Waals surface area (Å²) in [6.07, 6.45) is 3.63. The number of nitrogens with zero attached hydrogens (tertiary/aromatic N) is 3. The molecule has 8 heteroatoms. The fourth-order valence-electron chi connectivity index (χ4n) is 3.80. The average Bonchev–Trinajstić information content (AvgIpc) is 3.13. The van der Waals surface area contributed by atoms with E-state index in [1.54, 1.807) is 17.9 Å². The Kier molecular flexibility index (Phi) is 5.12. The van der Waals surface area contributed by atoms with E-state index < -0.39 is 0 Å². The van der Waals surface area contributed by atoms with E-state index in [4.69, 9.17) is 27.9 Å². The van der Waals surface area contributed by atoms with Gasteiger partial charge in [0.25, 0.3) is 5.91 Å². The molecule has 1 atom stereocenters. The summed E-state index contributed by atoms with van der Waals surface area (Å²) in [4.78, 5) is 26.5. The average molecular weight is 429 g/mol. The normalized spacial score (nSPS) is 15.6. The van der Waals surface area contributed by atoms with Crippen molar-refractivity contribution in [3.05, 3.63) is 51.2 Å². The van der Waals surface area contributed by atoms with Gasteiger partial charge in [0.05, 0.1) is 41.1 Å². The van der Waals surface area contributed by atoms with Gasteiger partial charge >= 0.3 is 0 Å². The van der Waals surface area contributed by atoms with Crippen LogP contribution in [0.3, 0.4) is 0 Å². The second-order valence-electron chi connectivity index (χ2n) is 6.73. The summed E-state index contributed by atoms with van der Waals surface area (Å²) in [5.74, 6) is 6.44. The number of carbonyl (C=O) groups is 1. The molecule has 1 N–H and O–H groups in total. The van der Waals surface area contributed by atoms with Crippen molar-refractivity contribution in [2.45, 2.75) is 26.3 Å². The lowest BCUT2D eigenvalue weighted by Gasteiger charge is -2.33. The lowest BCUT2D eigenvalue weighted by atomic mass is 9.94. The predicted molar refractivity (Wildman–Crippen MR) is 113 cm³/mol. The highest BCUT2D eigenvalue weighted by atomic mass is 35.5. The van der Waals surface area contributed by atoms with Crippen molar-refractivity contribution >= 4 is 40.0 Å². The van der Waals surface area contributed by atoms with Crippen LogP contribution in [-0.4, -0.2) is 39.4 Å². The molecule has 1 aliphatic rings. The predicted octanol–water partition coefficient (Wildman–Crippen LogP) is 4.40. The number of fused-ring (bicyclic) bond motifs is 3. The van der Waals surface area contributed by atoms with E-state index in [9.17, 15) is 4.79 Å². The Morgan fingerprint density at radius 1 is 1.34 bits per heavy atom. The van der Waals surface area contributed by atoms with Crippen LogP contribution in [0.2, 0.25) is 10.0 Å². The molecule has 1 aliphatic heterocycles. The molecular formula is C21H18Cl2N4O2. The lowest BCUT2D eigenvalue weighted by Crippen LogP contribution is -2.39. The third kappa shape index (κ3) is 3.21. The number of carbonyl (C=O) groups excluding carboxylic acids is 1. The van der Waals surface area contributed by atoms with Crippen LogP contribution in [0.5, 0.6) is 5.75 Å². The summed E-state index contributed by atoms with van der Waals surface area (Å²) in [5, 5.41) is 1.81. The van der Waals surface area contributed by atoms with Crippen LogP contribution >= 0.6 is 23.2 Å². The molecule has 1 amide bonds. The lowest BCUT2D eigenvalue weighted by molar-refractivity contribution is 0.0665. The van der Waals surface area contributed by atoms with Gasteiger partial charge in [0.15, 0.2) is 5.75 Å². The number of H-pyrrole nitrogens is 1. The highest BCUT2D eigenvalue weighted by Crippen LogP contribution is 2.42. The summed E-state index contributed by atoms with van der Waals surface area (Å²) in [5.41, 5.74) is 3.58. The largest absolute Gasteiger partial charge is 0.494 e. The molecule has 0 saturated carbocycles. The molecule has 6 nitrogen and oxygen atoms in total. The van der Waals surface area contributed by atoms with E-state index in [0.717, 1.165) is 27.7 Å². The fraction of sp³-hybridized carbons (Fsp3) is 0.286. The first-order valence-corrected chi connectivity index (χ1v) is 9.84. The van der Waals surface area contributed by atoms with E-state index in [1.807, 2.05) is 6.92 Å². The molecule has 0 aliphatic carbocycles. The minimum atomic E-state index is -0.233. The van der Waals surface area contributed by atoms with E-state index in [1.165, 1.54) is 19.5 Å².